The third-order valence-electron chi connectivity index (χ3n) is 5.89. The van der Waals surface area contributed by atoms with Gasteiger partial charge in [-0.25, -0.2) is 4.39 Å². The van der Waals surface area contributed by atoms with Crippen molar-refractivity contribution in [3.05, 3.63) is 29.6 Å². The number of benzene rings is 1. The van der Waals surface area contributed by atoms with Gasteiger partial charge >= 0.3 is 0 Å². The third kappa shape index (κ3) is 3.87. The third-order valence-corrected chi connectivity index (χ3v) is 5.89. The summed E-state index contributed by atoms with van der Waals surface area (Å²) in [5, 5.41) is 3.53. The van der Waals surface area contributed by atoms with Gasteiger partial charge in [-0.15, -0.1) is 12.4 Å². The number of nitrogens with one attached hydrogen (secondary N) is 1. The first kappa shape index (κ1) is 18.0. The maximum atomic E-state index is 13.4. The highest BCUT2D eigenvalue weighted by atomic mass is 35.5. The van der Waals surface area contributed by atoms with Crippen LogP contribution in [0.1, 0.15) is 31.2 Å². The Morgan fingerprint density at radius 3 is 2.71 bits per heavy atom. The molecule has 3 heterocycles. The normalized spacial score (nSPS) is 25.4. The molecule has 2 saturated heterocycles. The number of rotatable bonds is 3. The van der Waals surface area contributed by atoms with E-state index >= 15 is 0 Å². The highest BCUT2D eigenvalue weighted by Crippen LogP contribution is 2.33. The van der Waals surface area contributed by atoms with E-state index in [4.69, 9.17) is 0 Å². The second kappa shape index (κ2) is 8.03. The number of fused-ring (bicyclic) bond motifs is 1. The predicted molar refractivity (Wildman–Crippen MR) is 99.8 cm³/mol. The van der Waals surface area contributed by atoms with Crippen LogP contribution in [0.5, 0.6) is 0 Å². The Morgan fingerprint density at radius 1 is 1.12 bits per heavy atom. The summed E-state index contributed by atoms with van der Waals surface area (Å²) in [6.45, 7) is 7.17. The Balaban J connectivity index is 0.00000169. The molecule has 24 heavy (non-hydrogen) atoms. The number of anilines is 1. The van der Waals surface area contributed by atoms with Crippen molar-refractivity contribution in [2.24, 2.45) is 5.92 Å². The molecule has 1 aromatic carbocycles. The van der Waals surface area contributed by atoms with Gasteiger partial charge in [-0.1, -0.05) is 0 Å². The second-order valence-corrected chi connectivity index (χ2v) is 7.46. The van der Waals surface area contributed by atoms with Crippen molar-refractivity contribution in [2.75, 3.05) is 44.2 Å². The van der Waals surface area contributed by atoms with Crippen molar-refractivity contribution in [1.82, 2.24) is 10.2 Å². The number of nitrogens with zero attached hydrogens (tertiary/aromatic N) is 2. The monoisotopic (exact) mass is 353 g/mol. The molecule has 3 nitrogen and oxygen atoms in total. The number of hydrogen-bond donors (Lipinski definition) is 1. The van der Waals surface area contributed by atoms with Gasteiger partial charge in [-0.3, -0.25) is 0 Å². The van der Waals surface area contributed by atoms with Crippen LogP contribution in [0.2, 0.25) is 0 Å². The average molecular weight is 354 g/mol. The van der Waals surface area contributed by atoms with Crippen molar-refractivity contribution in [3.63, 3.8) is 0 Å². The zero-order chi connectivity index (χ0) is 15.6. The second-order valence-electron chi connectivity index (χ2n) is 7.46. The first-order valence-electron chi connectivity index (χ1n) is 9.28. The molecule has 134 valence electrons. The van der Waals surface area contributed by atoms with Crippen LogP contribution in [0.4, 0.5) is 10.1 Å². The summed E-state index contributed by atoms with van der Waals surface area (Å²) in [6, 6.07) is 5.96. The van der Waals surface area contributed by atoms with Crippen molar-refractivity contribution in [3.8, 4) is 0 Å². The predicted octanol–water partition coefficient (Wildman–Crippen LogP) is 3.07. The number of likely N-dealkylation sites (tertiary alicyclic amines) is 1. The van der Waals surface area contributed by atoms with Crippen molar-refractivity contribution in [1.29, 1.82) is 0 Å². The summed E-state index contributed by atoms with van der Waals surface area (Å²) in [4.78, 5) is 5.20. The van der Waals surface area contributed by atoms with Gasteiger partial charge in [0.15, 0.2) is 0 Å². The molecule has 1 unspecified atom stereocenters. The lowest BCUT2D eigenvalue weighted by Gasteiger charge is -2.39. The molecule has 2 fully saturated rings. The van der Waals surface area contributed by atoms with Crippen LogP contribution >= 0.6 is 12.4 Å². The first-order valence-corrected chi connectivity index (χ1v) is 9.28. The summed E-state index contributed by atoms with van der Waals surface area (Å²) in [7, 11) is 0. The van der Waals surface area contributed by atoms with Crippen molar-refractivity contribution in [2.45, 2.75) is 38.1 Å². The van der Waals surface area contributed by atoms with E-state index in [1.165, 1.54) is 69.7 Å². The Hall–Kier alpha value is -0.840. The molecule has 0 spiro atoms. The van der Waals surface area contributed by atoms with Crippen LogP contribution in [0, 0.1) is 11.7 Å². The van der Waals surface area contributed by atoms with E-state index in [2.05, 4.69) is 15.1 Å². The van der Waals surface area contributed by atoms with Gasteiger partial charge in [0.05, 0.1) is 0 Å². The highest BCUT2D eigenvalue weighted by molar-refractivity contribution is 5.85. The molecule has 1 N–H and O–H groups in total. The topological polar surface area (TPSA) is 18.5 Å². The zero-order valence-corrected chi connectivity index (χ0v) is 15.2. The number of halogens is 2. The molecule has 4 rings (SSSR count). The standard InChI is InChI=1S/C19H28FN3.ClH/c20-17-3-4-19-16(12-17)5-11-23(19)18-6-9-22(10-7-18)14-15-2-1-8-21-13-15;/h3-4,12,15,18,21H,1-2,5-11,13-14H2;1H. The quantitative estimate of drug-likeness (QED) is 0.901. The van der Waals surface area contributed by atoms with E-state index < -0.39 is 0 Å². The van der Waals surface area contributed by atoms with E-state index in [0.29, 0.717) is 6.04 Å². The van der Waals surface area contributed by atoms with E-state index in [9.17, 15) is 4.39 Å². The minimum Gasteiger partial charge on any atom is -0.368 e. The maximum Gasteiger partial charge on any atom is 0.123 e. The van der Waals surface area contributed by atoms with Crippen LogP contribution in [-0.2, 0) is 6.42 Å². The smallest absolute Gasteiger partial charge is 0.123 e. The van der Waals surface area contributed by atoms with Crippen LogP contribution in [-0.4, -0.2) is 50.2 Å². The minimum atomic E-state index is -0.0958. The average Bonchev–Trinajstić information content (AvgIpc) is 2.99. The van der Waals surface area contributed by atoms with Gasteiger partial charge in [0.25, 0.3) is 0 Å². The molecule has 1 atom stereocenters. The molecule has 0 aliphatic carbocycles. The summed E-state index contributed by atoms with van der Waals surface area (Å²) in [5.74, 6) is 0.747. The summed E-state index contributed by atoms with van der Waals surface area (Å²) < 4.78 is 13.4. The minimum absolute atomic E-state index is 0. The van der Waals surface area contributed by atoms with E-state index in [-0.39, 0.29) is 18.2 Å². The molecule has 0 saturated carbocycles. The molecule has 0 aromatic heterocycles. The van der Waals surface area contributed by atoms with Crippen molar-refractivity contribution >= 4 is 18.1 Å². The van der Waals surface area contributed by atoms with Crippen LogP contribution in [0.25, 0.3) is 0 Å². The van der Waals surface area contributed by atoms with Gasteiger partial charge < -0.3 is 15.1 Å². The Kier molecular flexibility index (Phi) is 6.01. The SMILES string of the molecule is Cl.Fc1ccc2c(c1)CCN2C1CCN(CC2CCCNC2)CC1. The van der Waals surface area contributed by atoms with Crippen LogP contribution in [0.15, 0.2) is 18.2 Å². The lowest BCUT2D eigenvalue weighted by atomic mass is 9.96. The number of hydrogen-bond acceptors (Lipinski definition) is 3. The first-order chi connectivity index (χ1) is 11.3. The van der Waals surface area contributed by atoms with Gasteiger partial charge in [0.1, 0.15) is 5.82 Å². The van der Waals surface area contributed by atoms with E-state index in [1.54, 1.807) is 12.1 Å². The summed E-state index contributed by atoms with van der Waals surface area (Å²) >= 11 is 0. The van der Waals surface area contributed by atoms with Gasteiger partial charge in [-0.2, -0.15) is 0 Å². The molecule has 0 bridgehead atoms. The van der Waals surface area contributed by atoms with Crippen LogP contribution in [0.3, 0.4) is 0 Å². The summed E-state index contributed by atoms with van der Waals surface area (Å²) in [5.41, 5.74) is 2.47. The molecule has 0 radical (unpaired) electrons. The largest absolute Gasteiger partial charge is 0.368 e. The fourth-order valence-electron chi connectivity index (χ4n) is 4.63. The Labute approximate surface area is 151 Å². The summed E-state index contributed by atoms with van der Waals surface area (Å²) in [6.07, 6.45) is 6.22. The Morgan fingerprint density at radius 2 is 1.96 bits per heavy atom. The fraction of sp³-hybridized carbons (Fsp3) is 0.684. The Bertz CT molecular complexity index is 539. The molecule has 0 amide bonds. The lowest BCUT2D eigenvalue weighted by molar-refractivity contribution is 0.168. The molecular formula is C19H29ClFN3. The molecule has 1 aromatic rings. The van der Waals surface area contributed by atoms with Gasteiger partial charge in [0, 0.05) is 37.9 Å². The van der Waals surface area contributed by atoms with E-state index in [0.717, 1.165) is 18.9 Å². The van der Waals surface area contributed by atoms with Crippen molar-refractivity contribution < 1.29 is 4.39 Å². The van der Waals surface area contributed by atoms with Gasteiger partial charge in [0.2, 0.25) is 0 Å². The molecule has 3 aliphatic heterocycles. The lowest BCUT2D eigenvalue weighted by Crippen LogP contribution is -2.47. The van der Waals surface area contributed by atoms with E-state index in [1.807, 2.05) is 6.07 Å². The highest BCUT2D eigenvalue weighted by Gasteiger charge is 2.30. The molecule has 5 heteroatoms. The molecule has 3 aliphatic rings. The fourth-order valence-corrected chi connectivity index (χ4v) is 4.63. The molecular weight excluding hydrogens is 325 g/mol. The zero-order valence-electron chi connectivity index (χ0n) is 14.3. The van der Waals surface area contributed by atoms with Gasteiger partial charge in [-0.05, 0) is 74.9 Å². The van der Waals surface area contributed by atoms with Crippen LogP contribution < -0.4 is 10.2 Å². The number of piperidine rings is 2. The maximum absolute atomic E-state index is 13.4.